The minimum absolute atomic E-state index is 0.0197. The zero-order valence-electron chi connectivity index (χ0n) is 10.5. The van der Waals surface area contributed by atoms with Crippen molar-refractivity contribution in [2.24, 2.45) is 0 Å². The molecule has 1 rings (SSSR count). The maximum Gasteiger partial charge on any atom is 0.161 e. The van der Waals surface area contributed by atoms with Gasteiger partial charge < -0.3 is 10.0 Å². The molecule has 1 aromatic rings. The van der Waals surface area contributed by atoms with E-state index < -0.39 is 0 Å². The first kappa shape index (κ1) is 13.6. The average Bonchev–Trinajstić information content (AvgIpc) is 2.34. The highest BCUT2D eigenvalue weighted by atomic mass is 16.3. The van der Waals surface area contributed by atoms with Crippen LogP contribution in [0.15, 0.2) is 18.3 Å². The van der Waals surface area contributed by atoms with Crippen molar-refractivity contribution in [1.29, 1.82) is 0 Å². The van der Waals surface area contributed by atoms with Crippen molar-refractivity contribution in [3.05, 3.63) is 23.9 Å². The first-order valence-electron chi connectivity index (χ1n) is 6.01. The van der Waals surface area contributed by atoms with E-state index in [4.69, 9.17) is 5.11 Å². The number of anilines is 1. The molecular weight excluding hydrogens is 216 g/mol. The second-order valence-electron chi connectivity index (χ2n) is 4.03. The fraction of sp³-hybridized carbons (Fsp3) is 0.538. The summed E-state index contributed by atoms with van der Waals surface area (Å²) in [5.41, 5.74) is 0.619. The van der Waals surface area contributed by atoms with Crippen molar-refractivity contribution in [3.8, 4) is 0 Å². The molecule has 0 unspecified atom stereocenters. The summed E-state index contributed by atoms with van der Waals surface area (Å²) in [6.45, 7) is 5.22. The van der Waals surface area contributed by atoms with Crippen molar-refractivity contribution >= 4 is 11.6 Å². The maximum absolute atomic E-state index is 11.1. The molecule has 0 aromatic carbocycles. The number of rotatable bonds is 7. The molecule has 4 heteroatoms. The third-order valence-corrected chi connectivity index (χ3v) is 2.63. The van der Waals surface area contributed by atoms with Crippen LogP contribution in [-0.2, 0) is 0 Å². The lowest BCUT2D eigenvalue weighted by Gasteiger charge is -2.22. The van der Waals surface area contributed by atoms with Gasteiger partial charge in [0.2, 0.25) is 0 Å². The van der Waals surface area contributed by atoms with Gasteiger partial charge >= 0.3 is 0 Å². The Kier molecular flexibility index (Phi) is 5.63. The zero-order valence-corrected chi connectivity index (χ0v) is 10.5. The van der Waals surface area contributed by atoms with Crippen molar-refractivity contribution in [2.75, 3.05) is 24.6 Å². The van der Waals surface area contributed by atoms with Gasteiger partial charge in [-0.15, -0.1) is 0 Å². The van der Waals surface area contributed by atoms with Gasteiger partial charge in [0.15, 0.2) is 5.78 Å². The second kappa shape index (κ2) is 7.01. The van der Waals surface area contributed by atoms with Gasteiger partial charge in [0.1, 0.15) is 5.82 Å². The molecule has 0 amide bonds. The number of Topliss-reactive ketones (excluding diaryl/α,β-unsaturated/α-hetero) is 1. The lowest BCUT2D eigenvalue weighted by molar-refractivity contribution is 0.101. The molecular formula is C13H20N2O2. The minimum Gasteiger partial charge on any atom is -0.395 e. The van der Waals surface area contributed by atoms with E-state index in [-0.39, 0.29) is 12.4 Å². The number of aliphatic hydroxyl groups is 1. The summed E-state index contributed by atoms with van der Waals surface area (Å²) < 4.78 is 0. The number of nitrogens with zero attached hydrogens (tertiary/aromatic N) is 2. The monoisotopic (exact) mass is 236 g/mol. The van der Waals surface area contributed by atoms with Gasteiger partial charge in [0.05, 0.1) is 6.61 Å². The quantitative estimate of drug-likeness (QED) is 0.734. The molecule has 1 N–H and O–H groups in total. The van der Waals surface area contributed by atoms with Crippen LogP contribution in [0.4, 0.5) is 5.82 Å². The Hall–Kier alpha value is -1.42. The Balaban J connectivity index is 2.75. The Bertz CT molecular complexity index is 349. The van der Waals surface area contributed by atoms with Crippen LogP contribution >= 0.6 is 0 Å². The third kappa shape index (κ3) is 4.15. The maximum atomic E-state index is 11.1. The molecule has 0 bridgehead atoms. The predicted octanol–water partition coefficient (Wildman–Crippen LogP) is 1.88. The van der Waals surface area contributed by atoms with Gasteiger partial charge in [-0.3, -0.25) is 4.79 Å². The smallest absolute Gasteiger partial charge is 0.161 e. The van der Waals surface area contributed by atoms with Crippen LogP contribution in [0.25, 0.3) is 0 Å². The number of aliphatic hydroxyl groups excluding tert-OH is 1. The molecule has 17 heavy (non-hydrogen) atoms. The van der Waals surface area contributed by atoms with Crippen LogP contribution in [0.5, 0.6) is 0 Å². The summed E-state index contributed by atoms with van der Waals surface area (Å²) in [5, 5.41) is 9.02. The van der Waals surface area contributed by atoms with Crippen LogP contribution in [-0.4, -0.2) is 35.6 Å². The van der Waals surface area contributed by atoms with Gasteiger partial charge in [-0.25, -0.2) is 4.98 Å². The van der Waals surface area contributed by atoms with E-state index in [9.17, 15) is 4.79 Å². The molecule has 0 aliphatic rings. The largest absolute Gasteiger partial charge is 0.395 e. The van der Waals surface area contributed by atoms with Crippen molar-refractivity contribution < 1.29 is 9.90 Å². The fourth-order valence-corrected chi connectivity index (χ4v) is 1.59. The summed E-state index contributed by atoms with van der Waals surface area (Å²) in [5.74, 6) is 0.837. The average molecular weight is 236 g/mol. The number of carbonyl (C=O) groups is 1. The number of carbonyl (C=O) groups excluding carboxylic acids is 1. The Labute approximate surface area is 102 Å². The van der Waals surface area contributed by atoms with Gasteiger partial charge in [-0.05, 0) is 25.5 Å². The standard InChI is InChI=1S/C13H20N2O2/c1-3-4-7-15(8-9-16)13-6-5-12(10-14-13)11(2)17/h5-6,10,16H,3-4,7-9H2,1-2H3. The number of aromatic nitrogens is 1. The van der Waals surface area contributed by atoms with Gasteiger partial charge in [-0.2, -0.15) is 0 Å². The number of hydrogen-bond donors (Lipinski definition) is 1. The SMILES string of the molecule is CCCCN(CCO)c1ccc(C(C)=O)cn1. The first-order chi connectivity index (χ1) is 8.19. The lowest BCUT2D eigenvalue weighted by atomic mass is 10.2. The number of ketones is 1. The van der Waals surface area contributed by atoms with Crippen LogP contribution in [0.1, 0.15) is 37.0 Å². The zero-order chi connectivity index (χ0) is 12.7. The molecule has 0 saturated carbocycles. The highest BCUT2D eigenvalue weighted by molar-refractivity contribution is 5.93. The van der Waals surface area contributed by atoms with E-state index in [1.54, 1.807) is 12.3 Å². The van der Waals surface area contributed by atoms with Crippen LogP contribution in [0, 0.1) is 0 Å². The second-order valence-corrected chi connectivity index (χ2v) is 4.03. The van der Waals surface area contributed by atoms with Gasteiger partial charge in [-0.1, -0.05) is 13.3 Å². The fourth-order valence-electron chi connectivity index (χ4n) is 1.59. The van der Waals surface area contributed by atoms with E-state index in [1.165, 1.54) is 6.92 Å². The molecule has 94 valence electrons. The minimum atomic E-state index is 0.0197. The van der Waals surface area contributed by atoms with E-state index in [0.717, 1.165) is 25.2 Å². The Morgan fingerprint density at radius 3 is 2.65 bits per heavy atom. The molecule has 0 aliphatic carbocycles. The molecule has 1 heterocycles. The summed E-state index contributed by atoms with van der Waals surface area (Å²) in [7, 11) is 0. The van der Waals surface area contributed by atoms with E-state index in [2.05, 4.69) is 11.9 Å². The first-order valence-corrected chi connectivity index (χ1v) is 6.01. The lowest BCUT2D eigenvalue weighted by Crippen LogP contribution is -2.28. The molecule has 0 spiro atoms. The topological polar surface area (TPSA) is 53.4 Å². The van der Waals surface area contributed by atoms with Crippen LogP contribution in [0.3, 0.4) is 0 Å². The summed E-state index contributed by atoms with van der Waals surface area (Å²) >= 11 is 0. The molecule has 0 saturated heterocycles. The van der Waals surface area contributed by atoms with Gasteiger partial charge in [0.25, 0.3) is 0 Å². The molecule has 0 aliphatic heterocycles. The van der Waals surface area contributed by atoms with Crippen molar-refractivity contribution in [2.45, 2.75) is 26.7 Å². The van der Waals surface area contributed by atoms with Crippen molar-refractivity contribution in [3.63, 3.8) is 0 Å². The summed E-state index contributed by atoms with van der Waals surface area (Å²) in [6.07, 6.45) is 3.76. The van der Waals surface area contributed by atoms with E-state index in [1.807, 2.05) is 11.0 Å². The predicted molar refractivity (Wildman–Crippen MR) is 68.4 cm³/mol. The summed E-state index contributed by atoms with van der Waals surface area (Å²) in [4.78, 5) is 17.4. The molecule has 0 radical (unpaired) electrons. The number of unbranched alkanes of at least 4 members (excludes halogenated alkanes) is 1. The number of hydrogen-bond acceptors (Lipinski definition) is 4. The summed E-state index contributed by atoms with van der Waals surface area (Å²) in [6, 6.07) is 3.61. The molecule has 4 nitrogen and oxygen atoms in total. The molecule has 0 fully saturated rings. The van der Waals surface area contributed by atoms with Crippen LogP contribution in [0.2, 0.25) is 0 Å². The van der Waals surface area contributed by atoms with Crippen molar-refractivity contribution in [1.82, 2.24) is 4.98 Å². The van der Waals surface area contributed by atoms with Gasteiger partial charge in [0, 0.05) is 24.8 Å². The highest BCUT2D eigenvalue weighted by Gasteiger charge is 2.07. The Morgan fingerprint density at radius 2 is 2.18 bits per heavy atom. The number of pyridine rings is 1. The van der Waals surface area contributed by atoms with Crippen LogP contribution < -0.4 is 4.90 Å². The molecule has 0 atom stereocenters. The Morgan fingerprint density at radius 1 is 1.41 bits per heavy atom. The van der Waals surface area contributed by atoms with E-state index in [0.29, 0.717) is 12.1 Å². The molecule has 1 aromatic heterocycles. The highest BCUT2D eigenvalue weighted by Crippen LogP contribution is 2.12. The normalized spacial score (nSPS) is 10.3. The third-order valence-electron chi connectivity index (χ3n) is 2.63. The van der Waals surface area contributed by atoms with E-state index >= 15 is 0 Å².